The molecule has 0 aliphatic heterocycles. The van der Waals surface area contributed by atoms with Crippen molar-refractivity contribution in [2.45, 2.75) is 51.4 Å². The summed E-state index contributed by atoms with van der Waals surface area (Å²) in [7, 11) is 1.43. The fourth-order valence-electron chi connectivity index (χ4n) is 1.62. The van der Waals surface area contributed by atoms with Gasteiger partial charge in [-0.25, -0.2) is 0 Å². The molecular formula is C17H28O3. The number of unbranched alkanes of at least 4 members (excludes halogenated alkanes) is 3. The number of ether oxygens (including phenoxy) is 1. The molecule has 20 heavy (non-hydrogen) atoms. The normalized spacial score (nSPS) is 11.9. The molecular weight excluding hydrogens is 252 g/mol. The van der Waals surface area contributed by atoms with Crippen molar-refractivity contribution >= 4 is 5.97 Å². The van der Waals surface area contributed by atoms with Crippen LogP contribution in [0.3, 0.4) is 0 Å². The first-order valence-corrected chi connectivity index (χ1v) is 7.44. The lowest BCUT2D eigenvalue weighted by atomic mass is 10.2. The van der Waals surface area contributed by atoms with E-state index in [1.54, 1.807) is 0 Å². The van der Waals surface area contributed by atoms with Gasteiger partial charge in [-0.2, -0.15) is 0 Å². The zero-order chi connectivity index (χ0) is 14.9. The number of hydrogen-bond acceptors (Lipinski definition) is 3. The first-order valence-electron chi connectivity index (χ1n) is 7.44. The van der Waals surface area contributed by atoms with E-state index in [1.807, 2.05) is 0 Å². The van der Waals surface area contributed by atoms with E-state index in [2.05, 4.69) is 41.2 Å². The third-order valence-electron chi connectivity index (χ3n) is 2.80. The van der Waals surface area contributed by atoms with Crippen molar-refractivity contribution in [3.8, 4) is 0 Å². The Kier molecular flexibility index (Phi) is 14.6. The second-order valence-corrected chi connectivity index (χ2v) is 4.57. The predicted octanol–water partition coefficient (Wildman–Crippen LogP) is 3.94. The number of hydrogen-bond donors (Lipinski definition) is 1. The molecule has 0 aliphatic carbocycles. The Morgan fingerprint density at radius 2 is 1.45 bits per heavy atom. The standard InChI is InChI=1S/C17H28O3/c1-20-17(19)15-13-11-9-7-5-3-2-4-6-8-10-12-14-16-18/h2,4-5,7-8,10,18H,3,6,9,11-16H2,1H3. The maximum atomic E-state index is 10.9. The highest BCUT2D eigenvalue weighted by molar-refractivity contribution is 5.68. The van der Waals surface area contributed by atoms with Gasteiger partial charge >= 0.3 is 5.97 Å². The number of esters is 1. The zero-order valence-corrected chi connectivity index (χ0v) is 12.6. The number of aliphatic hydroxyl groups excluding tert-OH is 1. The summed E-state index contributed by atoms with van der Waals surface area (Å²) in [6.45, 7) is 0.268. The first-order chi connectivity index (χ1) is 9.81. The van der Waals surface area contributed by atoms with Crippen molar-refractivity contribution in [2.24, 2.45) is 0 Å². The van der Waals surface area contributed by atoms with Gasteiger partial charge in [-0.1, -0.05) is 36.5 Å². The van der Waals surface area contributed by atoms with E-state index in [9.17, 15) is 4.79 Å². The summed E-state index contributed by atoms with van der Waals surface area (Å²) in [5.74, 6) is -0.121. The lowest BCUT2D eigenvalue weighted by Crippen LogP contribution is -1.98. The summed E-state index contributed by atoms with van der Waals surface area (Å²) in [6, 6.07) is 0. The largest absolute Gasteiger partial charge is 0.469 e. The van der Waals surface area contributed by atoms with Gasteiger partial charge in [0.1, 0.15) is 0 Å². The average molecular weight is 280 g/mol. The van der Waals surface area contributed by atoms with E-state index in [0.29, 0.717) is 6.42 Å². The van der Waals surface area contributed by atoms with Crippen molar-refractivity contribution in [1.82, 2.24) is 0 Å². The highest BCUT2D eigenvalue weighted by atomic mass is 16.5. The van der Waals surface area contributed by atoms with Crippen molar-refractivity contribution < 1.29 is 14.6 Å². The molecule has 0 aromatic carbocycles. The Hall–Kier alpha value is -1.35. The first kappa shape index (κ1) is 18.7. The summed E-state index contributed by atoms with van der Waals surface area (Å²) in [5, 5.41) is 8.60. The van der Waals surface area contributed by atoms with E-state index in [1.165, 1.54) is 7.11 Å². The van der Waals surface area contributed by atoms with E-state index in [4.69, 9.17) is 5.11 Å². The molecule has 0 unspecified atom stereocenters. The van der Waals surface area contributed by atoms with Crippen molar-refractivity contribution in [3.63, 3.8) is 0 Å². The molecule has 0 saturated carbocycles. The topological polar surface area (TPSA) is 46.5 Å². The van der Waals surface area contributed by atoms with E-state index >= 15 is 0 Å². The summed E-state index contributed by atoms with van der Waals surface area (Å²) in [4.78, 5) is 10.9. The zero-order valence-electron chi connectivity index (χ0n) is 12.6. The number of carbonyl (C=O) groups excluding carboxylic acids is 1. The van der Waals surface area contributed by atoms with Crippen LogP contribution in [0.25, 0.3) is 0 Å². The van der Waals surface area contributed by atoms with Crippen LogP contribution in [0.1, 0.15) is 51.4 Å². The number of rotatable bonds is 12. The van der Waals surface area contributed by atoms with Gasteiger partial charge < -0.3 is 9.84 Å². The highest BCUT2D eigenvalue weighted by Crippen LogP contribution is 2.02. The molecule has 0 spiro atoms. The molecule has 0 fully saturated rings. The molecule has 1 N–H and O–H groups in total. The maximum absolute atomic E-state index is 10.9. The Balaban J connectivity index is 3.34. The molecule has 0 saturated heterocycles. The van der Waals surface area contributed by atoms with E-state index < -0.39 is 0 Å². The monoisotopic (exact) mass is 280 g/mol. The predicted molar refractivity (Wildman–Crippen MR) is 83.5 cm³/mol. The number of carbonyl (C=O) groups is 1. The molecule has 0 bridgehead atoms. The van der Waals surface area contributed by atoms with Crippen molar-refractivity contribution in [3.05, 3.63) is 36.5 Å². The molecule has 0 rings (SSSR count). The molecule has 3 heteroatoms. The van der Waals surface area contributed by atoms with Crippen molar-refractivity contribution in [2.75, 3.05) is 13.7 Å². The Morgan fingerprint density at radius 1 is 0.900 bits per heavy atom. The summed E-state index contributed by atoms with van der Waals surface area (Å²) in [6.07, 6.45) is 20.0. The van der Waals surface area contributed by atoms with Gasteiger partial charge in [0.25, 0.3) is 0 Å². The van der Waals surface area contributed by atoms with E-state index in [-0.39, 0.29) is 12.6 Å². The van der Waals surface area contributed by atoms with Crippen molar-refractivity contribution in [1.29, 1.82) is 0 Å². The minimum absolute atomic E-state index is 0.121. The van der Waals surface area contributed by atoms with Crippen LogP contribution >= 0.6 is 0 Å². The van der Waals surface area contributed by atoms with Gasteiger partial charge in [0.05, 0.1) is 7.11 Å². The van der Waals surface area contributed by atoms with Crippen LogP contribution in [0.2, 0.25) is 0 Å². The Morgan fingerprint density at radius 3 is 2.00 bits per heavy atom. The van der Waals surface area contributed by atoms with Gasteiger partial charge in [0.2, 0.25) is 0 Å². The Labute approximate surface area is 123 Å². The maximum Gasteiger partial charge on any atom is 0.305 e. The summed E-state index contributed by atoms with van der Waals surface area (Å²) < 4.78 is 4.58. The second-order valence-electron chi connectivity index (χ2n) is 4.57. The van der Waals surface area contributed by atoms with E-state index in [0.717, 1.165) is 44.9 Å². The average Bonchev–Trinajstić information content (AvgIpc) is 2.47. The second kappa shape index (κ2) is 15.7. The van der Waals surface area contributed by atoms with Crippen LogP contribution in [0, 0.1) is 0 Å². The van der Waals surface area contributed by atoms with Gasteiger partial charge in [-0.15, -0.1) is 0 Å². The van der Waals surface area contributed by atoms with Gasteiger partial charge in [-0.3, -0.25) is 4.79 Å². The highest BCUT2D eigenvalue weighted by Gasteiger charge is 1.97. The molecule has 0 heterocycles. The third-order valence-corrected chi connectivity index (χ3v) is 2.80. The Bertz CT molecular complexity index is 303. The molecule has 0 atom stereocenters. The third kappa shape index (κ3) is 14.7. The number of aliphatic hydroxyl groups is 1. The molecule has 0 aromatic rings. The fourth-order valence-corrected chi connectivity index (χ4v) is 1.62. The van der Waals surface area contributed by atoms with Crippen LogP contribution in [0.5, 0.6) is 0 Å². The van der Waals surface area contributed by atoms with Crippen LogP contribution < -0.4 is 0 Å². The smallest absolute Gasteiger partial charge is 0.305 e. The van der Waals surface area contributed by atoms with Crippen LogP contribution in [-0.2, 0) is 9.53 Å². The lowest BCUT2D eigenvalue weighted by molar-refractivity contribution is -0.140. The van der Waals surface area contributed by atoms with Crippen LogP contribution in [-0.4, -0.2) is 24.8 Å². The SMILES string of the molecule is COC(=O)CCCCC=CCC=CCC=CCCCO. The fraction of sp³-hybridized carbons (Fsp3) is 0.588. The molecule has 114 valence electrons. The molecule has 0 aliphatic rings. The quantitative estimate of drug-likeness (QED) is 0.334. The molecule has 0 amide bonds. The molecule has 0 aromatic heterocycles. The number of allylic oxidation sites excluding steroid dienone is 6. The summed E-state index contributed by atoms with van der Waals surface area (Å²) >= 11 is 0. The lowest BCUT2D eigenvalue weighted by Gasteiger charge is -1.96. The van der Waals surface area contributed by atoms with Gasteiger partial charge in [-0.05, 0) is 44.9 Å². The molecule has 0 radical (unpaired) electrons. The minimum atomic E-state index is -0.121. The van der Waals surface area contributed by atoms with Crippen LogP contribution in [0.15, 0.2) is 36.5 Å². The molecule has 3 nitrogen and oxygen atoms in total. The summed E-state index contributed by atoms with van der Waals surface area (Å²) in [5.41, 5.74) is 0. The van der Waals surface area contributed by atoms with Gasteiger partial charge in [0, 0.05) is 13.0 Å². The van der Waals surface area contributed by atoms with Crippen LogP contribution in [0.4, 0.5) is 0 Å². The number of methoxy groups -OCH3 is 1. The van der Waals surface area contributed by atoms with Gasteiger partial charge in [0.15, 0.2) is 0 Å². The minimum Gasteiger partial charge on any atom is -0.469 e.